The lowest BCUT2D eigenvalue weighted by molar-refractivity contribution is -0.121. The molecule has 0 bridgehead atoms. The van der Waals surface area contributed by atoms with Crippen LogP contribution in [0.15, 0.2) is 30.7 Å². The number of nitrogen functional groups attached to an aromatic ring is 1. The molecule has 4 N–H and O–H groups in total. The van der Waals surface area contributed by atoms with Gasteiger partial charge in [0.1, 0.15) is 5.82 Å². The maximum Gasteiger partial charge on any atom is 0.220 e. The fourth-order valence-corrected chi connectivity index (χ4v) is 1.55. The van der Waals surface area contributed by atoms with Crippen molar-refractivity contribution in [3.63, 3.8) is 0 Å². The molecule has 2 heterocycles. The lowest BCUT2D eigenvalue weighted by Crippen LogP contribution is -2.23. The minimum absolute atomic E-state index is 0.0144. The van der Waals surface area contributed by atoms with Gasteiger partial charge in [-0.05, 0) is 18.1 Å². The Kier molecular flexibility index (Phi) is 3.90. The maximum absolute atomic E-state index is 11.6. The SMILES string of the molecule is Nc1[nH]ncc1CNC(=O)CCc1cccnc1. The van der Waals surface area contributed by atoms with Crippen molar-refractivity contribution in [3.05, 3.63) is 41.9 Å². The average Bonchev–Trinajstić information content (AvgIpc) is 2.81. The smallest absolute Gasteiger partial charge is 0.220 e. The van der Waals surface area contributed by atoms with Crippen LogP contribution in [0.2, 0.25) is 0 Å². The number of amides is 1. The van der Waals surface area contributed by atoms with E-state index in [4.69, 9.17) is 5.73 Å². The van der Waals surface area contributed by atoms with Gasteiger partial charge in [0.15, 0.2) is 0 Å². The number of hydrogen-bond donors (Lipinski definition) is 3. The van der Waals surface area contributed by atoms with E-state index in [0.29, 0.717) is 25.2 Å². The summed E-state index contributed by atoms with van der Waals surface area (Å²) in [5.41, 5.74) is 7.46. The van der Waals surface area contributed by atoms with E-state index in [0.717, 1.165) is 11.1 Å². The molecule has 0 aliphatic carbocycles. The molecule has 0 fully saturated rings. The third-order valence-electron chi connectivity index (χ3n) is 2.59. The third-order valence-corrected chi connectivity index (χ3v) is 2.59. The molecule has 0 aliphatic heterocycles. The van der Waals surface area contributed by atoms with Crippen molar-refractivity contribution in [2.45, 2.75) is 19.4 Å². The third kappa shape index (κ3) is 3.31. The molecule has 0 aliphatic rings. The number of pyridine rings is 1. The zero-order valence-corrected chi connectivity index (χ0v) is 9.89. The van der Waals surface area contributed by atoms with Gasteiger partial charge in [-0.1, -0.05) is 6.07 Å². The van der Waals surface area contributed by atoms with Gasteiger partial charge in [-0.3, -0.25) is 14.9 Å². The molecule has 2 aromatic heterocycles. The first-order valence-electron chi connectivity index (χ1n) is 5.69. The molecule has 2 aromatic rings. The van der Waals surface area contributed by atoms with Gasteiger partial charge in [0.2, 0.25) is 5.91 Å². The molecule has 0 atom stereocenters. The van der Waals surface area contributed by atoms with Crippen LogP contribution in [0.1, 0.15) is 17.5 Å². The Morgan fingerprint density at radius 1 is 1.44 bits per heavy atom. The summed E-state index contributed by atoms with van der Waals surface area (Å²) in [6.07, 6.45) is 6.20. The number of anilines is 1. The predicted octanol–water partition coefficient (Wildman–Crippen LogP) is 0.636. The first-order chi connectivity index (χ1) is 8.75. The fraction of sp³-hybridized carbons (Fsp3) is 0.250. The van der Waals surface area contributed by atoms with Crippen LogP contribution in [0, 0.1) is 0 Å². The van der Waals surface area contributed by atoms with Gasteiger partial charge >= 0.3 is 0 Å². The van der Waals surface area contributed by atoms with E-state index in [1.807, 2.05) is 12.1 Å². The van der Waals surface area contributed by atoms with Crippen LogP contribution in [-0.2, 0) is 17.8 Å². The standard InChI is InChI=1S/C12H15N5O/c13-12-10(8-16-17-12)7-15-11(18)4-3-9-2-1-5-14-6-9/h1-2,5-6,8H,3-4,7H2,(H,15,18)(H3,13,16,17). The monoisotopic (exact) mass is 245 g/mol. The Bertz CT molecular complexity index is 508. The summed E-state index contributed by atoms with van der Waals surface area (Å²) in [4.78, 5) is 15.6. The quantitative estimate of drug-likeness (QED) is 0.720. The molecule has 0 unspecified atom stereocenters. The minimum Gasteiger partial charge on any atom is -0.384 e. The van der Waals surface area contributed by atoms with Crippen LogP contribution in [0.3, 0.4) is 0 Å². The molecule has 0 spiro atoms. The second kappa shape index (κ2) is 5.81. The van der Waals surface area contributed by atoms with Gasteiger partial charge in [-0.15, -0.1) is 0 Å². The number of rotatable bonds is 5. The number of aromatic nitrogens is 3. The van der Waals surface area contributed by atoms with Crippen LogP contribution in [0.5, 0.6) is 0 Å². The first kappa shape index (κ1) is 12.1. The van der Waals surface area contributed by atoms with E-state index in [1.165, 1.54) is 0 Å². The summed E-state index contributed by atoms with van der Waals surface area (Å²) in [5, 5.41) is 9.20. The van der Waals surface area contributed by atoms with E-state index in [9.17, 15) is 4.79 Å². The van der Waals surface area contributed by atoms with Crippen molar-refractivity contribution in [1.29, 1.82) is 0 Å². The molecule has 6 nitrogen and oxygen atoms in total. The molecule has 0 aromatic carbocycles. The maximum atomic E-state index is 11.6. The van der Waals surface area contributed by atoms with Crippen molar-refractivity contribution >= 4 is 11.7 Å². The second-order valence-corrected chi connectivity index (χ2v) is 3.95. The second-order valence-electron chi connectivity index (χ2n) is 3.95. The Balaban J connectivity index is 1.75. The number of nitrogens with zero attached hydrogens (tertiary/aromatic N) is 2. The minimum atomic E-state index is -0.0144. The van der Waals surface area contributed by atoms with Crippen molar-refractivity contribution in [2.75, 3.05) is 5.73 Å². The van der Waals surface area contributed by atoms with Crippen LogP contribution in [0.4, 0.5) is 5.82 Å². The Labute approximate surface area is 105 Å². The van der Waals surface area contributed by atoms with Crippen molar-refractivity contribution < 1.29 is 4.79 Å². The van der Waals surface area contributed by atoms with E-state index in [1.54, 1.807) is 18.6 Å². The highest BCUT2D eigenvalue weighted by molar-refractivity contribution is 5.76. The predicted molar refractivity (Wildman–Crippen MR) is 67.4 cm³/mol. The summed E-state index contributed by atoms with van der Waals surface area (Å²) < 4.78 is 0. The van der Waals surface area contributed by atoms with Crippen LogP contribution >= 0.6 is 0 Å². The van der Waals surface area contributed by atoms with Gasteiger partial charge in [0, 0.05) is 30.9 Å². The molecule has 94 valence electrons. The Morgan fingerprint density at radius 2 is 2.33 bits per heavy atom. The summed E-state index contributed by atoms with van der Waals surface area (Å²) in [5.74, 6) is 0.474. The molecule has 2 rings (SSSR count). The average molecular weight is 245 g/mol. The van der Waals surface area contributed by atoms with Crippen molar-refractivity contribution in [1.82, 2.24) is 20.5 Å². The van der Waals surface area contributed by atoms with Crippen LogP contribution in [-0.4, -0.2) is 21.1 Å². The number of nitrogens with two attached hydrogens (primary N) is 1. The van der Waals surface area contributed by atoms with Gasteiger partial charge < -0.3 is 11.1 Å². The number of carbonyl (C=O) groups excluding carboxylic acids is 1. The van der Waals surface area contributed by atoms with E-state index in [2.05, 4.69) is 20.5 Å². The van der Waals surface area contributed by atoms with Crippen molar-refractivity contribution in [3.8, 4) is 0 Å². The van der Waals surface area contributed by atoms with E-state index in [-0.39, 0.29) is 5.91 Å². The summed E-state index contributed by atoms with van der Waals surface area (Å²) in [7, 11) is 0. The molecular formula is C12H15N5O. The van der Waals surface area contributed by atoms with Crippen molar-refractivity contribution in [2.24, 2.45) is 0 Å². The lowest BCUT2D eigenvalue weighted by Gasteiger charge is -2.04. The lowest BCUT2D eigenvalue weighted by atomic mass is 10.1. The topological polar surface area (TPSA) is 96.7 Å². The number of nitrogens with one attached hydrogen (secondary N) is 2. The normalized spacial score (nSPS) is 10.2. The molecule has 1 amide bonds. The zero-order valence-electron chi connectivity index (χ0n) is 9.89. The zero-order chi connectivity index (χ0) is 12.8. The number of carbonyl (C=O) groups is 1. The molecular weight excluding hydrogens is 230 g/mol. The molecule has 0 radical (unpaired) electrons. The number of aryl methyl sites for hydroxylation is 1. The summed E-state index contributed by atoms with van der Waals surface area (Å²) >= 11 is 0. The summed E-state index contributed by atoms with van der Waals surface area (Å²) in [6, 6.07) is 3.81. The highest BCUT2D eigenvalue weighted by Crippen LogP contribution is 2.05. The highest BCUT2D eigenvalue weighted by atomic mass is 16.1. The molecule has 18 heavy (non-hydrogen) atoms. The Morgan fingerprint density at radius 3 is 3.00 bits per heavy atom. The molecule has 0 saturated carbocycles. The van der Waals surface area contributed by atoms with Crippen LogP contribution in [0.25, 0.3) is 0 Å². The first-order valence-corrected chi connectivity index (χ1v) is 5.69. The Hall–Kier alpha value is -2.37. The van der Waals surface area contributed by atoms with Gasteiger partial charge in [0.05, 0.1) is 6.20 Å². The summed E-state index contributed by atoms with van der Waals surface area (Å²) in [6.45, 7) is 0.397. The largest absolute Gasteiger partial charge is 0.384 e. The number of hydrogen-bond acceptors (Lipinski definition) is 4. The number of aromatic amines is 1. The fourth-order valence-electron chi connectivity index (χ4n) is 1.55. The molecule has 0 saturated heterocycles. The van der Waals surface area contributed by atoms with Gasteiger partial charge in [0.25, 0.3) is 0 Å². The van der Waals surface area contributed by atoms with E-state index >= 15 is 0 Å². The van der Waals surface area contributed by atoms with Gasteiger partial charge in [-0.25, -0.2) is 0 Å². The number of H-pyrrole nitrogens is 1. The van der Waals surface area contributed by atoms with Crippen LogP contribution < -0.4 is 11.1 Å². The van der Waals surface area contributed by atoms with Gasteiger partial charge in [-0.2, -0.15) is 5.10 Å². The molecule has 6 heteroatoms. The van der Waals surface area contributed by atoms with E-state index < -0.39 is 0 Å². The highest BCUT2D eigenvalue weighted by Gasteiger charge is 2.05.